The Morgan fingerprint density at radius 2 is 2.04 bits per heavy atom. The summed E-state index contributed by atoms with van der Waals surface area (Å²) in [5, 5.41) is 8.49. The predicted molar refractivity (Wildman–Crippen MR) is 94.2 cm³/mol. The Bertz CT molecular complexity index is 677. The minimum atomic E-state index is 0.644. The Kier molecular flexibility index (Phi) is 4.33. The molecule has 1 N–H and O–H groups in total. The molecule has 0 amide bonds. The summed E-state index contributed by atoms with van der Waals surface area (Å²) in [4.78, 5) is 0. The highest BCUT2D eigenvalue weighted by Crippen LogP contribution is 2.45. The van der Waals surface area contributed by atoms with Crippen molar-refractivity contribution in [1.82, 2.24) is 14.6 Å². The standard InChI is InChI=1S/C17H24N4OS/c1-23-20-17-19-18-16-9-15(14(10-21(16)17)13-7-8-13)22-11-12-5-3-2-4-6-12/h9-10,12-13H,2-8,11H2,1H3,(H,19,20). The van der Waals surface area contributed by atoms with Gasteiger partial charge in [-0.1, -0.05) is 31.2 Å². The lowest BCUT2D eigenvalue weighted by Crippen LogP contribution is -2.16. The predicted octanol–water partition coefficient (Wildman–Crippen LogP) is 4.26. The second-order valence-electron chi connectivity index (χ2n) is 6.74. The molecule has 23 heavy (non-hydrogen) atoms. The fourth-order valence-electron chi connectivity index (χ4n) is 3.48. The zero-order chi connectivity index (χ0) is 15.6. The van der Waals surface area contributed by atoms with E-state index in [9.17, 15) is 0 Å². The van der Waals surface area contributed by atoms with Gasteiger partial charge in [0.25, 0.3) is 0 Å². The van der Waals surface area contributed by atoms with Crippen molar-refractivity contribution in [3.63, 3.8) is 0 Å². The van der Waals surface area contributed by atoms with E-state index in [-0.39, 0.29) is 0 Å². The first-order chi connectivity index (χ1) is 11.3. The summed E-state index contributed by atoms with van der Waals surface area (Å²) in [6.07, 6.45) is 13.4. The van der Waals surface area contributed by atoms with E-state index < -0.39 is 0 Å². The summed E-state index contributed by atoms with van der Waals surface area (Å²) < 4.78 is 11.5. The normalized spacial score (nSPS) is 19.2. The van der Waals surface area contributed by atoms with Crippen LogP contribution in [-0.4, -0.2) is 27.5 Å². The van der Waals surface area contributed by atoms with Gasteiger partial charge in [0.05, 0.1) is 6.61 Å². The number of ether oxygens (including phenoxy) is 1. The SMILES string of the molecule is CSNc1nnc2cc(OCC3CCCCC3)c(C3CC3)cn12. The van der Waals surface area contributed by atoms with Crippen molar-refractivity contribution in [3.8, 4) is 5.75 Å². The molecule has 2 aromatic rings. The van der Waals surface area contributed by atoms with Crippen LogP contribution in [0.3, 0.4) is 0 Å². The smallest absolute Gasteiger partial charge is 0.239 e. The molecule has 0 radical (unpaired) electrons. The summed E-state index contributed by atoms with van der Waals surface area (Å²) in [5.41, 5.74) is 2.17. The number of rotatable bonds is 6. The molecular weight excluding hydrogens is 308 g/mol. The van der Waals surface area contributed by atoms with Gasteiger partial charge in [0, 0.05) is 24.1 Å². The third-order valence-electron chi connectivity index (χ3n) is 4.94. The van der Waals surface area contributed by atoms with Crippen molar-refractivity contribution in [1.29, 1.82) is 0 Å². The van der Waals surface area contributed by atoms with Crippen LogP contribution in [0.1, 0.15) is 56.4 Å². The Balaban J connectivity index is 1.58. The van der Waals surface area contributed by atoms with Gasteiger partial charge in [0.1, 0.15) is 5.75 Å². The Labute approximate surface area is 141 Å². The maximum Gasteiger partial charge on any atom is 0.239 e. The molecule has 5 nitrogen and oxygen atoms in total. The molecule has 0 spiro atoms. The van der Waals surface area contributed by atoms with Gasteiger partial charge in [0.15, 0.2) is 5.65 Å². The lowest BCUT2D eigenvalue weighted by Gasteiger charge is -2.22. The molecule has 0 bridgehead atoms. The van der Waals surface area contributed by atoms with Crippen LogP contribution in [0, 0.1) is 5.92 Å². The van der Waals surface area contributed by atoms with E-state index in [2.05, 4.69) is 27.2 Å². The van der Waals surface area contributed by atoms with E-state index in [0.717, 1.165) is 29.9 Å². The Morgan fingerprint density at radius 3 is 2.78 bits per heavy atom. The van der Waals surface area contributed by atoms with Gasteiger partial charge in [-0.2, -0.15) is 0 Å². The first-order valence-corrected chi connectivity index (χ1v) is 9.88. The van der Waals surface area contributed by atoms with Gasteiger partial charge in [-0.15, -0.1) is 10.2 Å². The fourth-order valence-corrected chi connectivity index (χ4v) is 3.80. The molecule has 124 valence electrons. The van der Waals surface area contributed by atoms with Gasteiger partial charge in [0.2, 0.25) is 5.95 Å². The Morgan fingerprint density at radius 1 is 1.22 bits per heavy atom. The maximum atomic E-state index is 6.25. The van der Waals surface area contributed by atoms with Gasteiger partial charge < -0.3 is 4.74 Å². The van der Waals surface area contributed by atoms with Gasteiger partial charge in [-0.05, 0) is 37.5 Å². The molecule has 0 saturated heterocycles. The molecule has 0 unspecified atom stereocenters. The average Bonchev–Trinajstić information content (AvgIpc) is 3.36. The van der Waals surface area contributed by atoms with E-state index in [4.69, 9.17) is 4.74 Å². The van der Waals surface area contributed by atoms with Crippen molar-refractivity contribution in [3.05, 3.63) is 17.8 Å². The molecule has 2 heterocycles. The second-order valence-corrected chi connectivity index (χ2v) is 7.35. The van der Waals surface area contributed by atoms with Crippen molar-refractivity contribution < 1.29 is 4.74 Å². The Hall–Kier alpha value is -1.43. The van der Waals surface area contributed by atoms with E-state index in [1.165, 1.54) is 62.5 Å². The van der Waals surface area contributed by atoms with Crippen LogP contribution in [0.4, 0.5) is 5.95 Å². The minimum Gasteiger partial charge on any atom is -0.493 e. The third-order valence-corrected chi connectivity index (χ3v) is 5.33. The zero-order valence-corrected chi connectivity index (χ0v) is 14.4. The molecular formula is C17H24N4OS. The minimum absolute atomic E-state index is 0.644. The summed E-state index contributed by atoms with van der Waals surface area (Å²) in [5.74, 6) is 3.17. The number of aromatic nitrogens is 3. The summed E-state index contributed by atoms with van der Waals surface area (Å²) >= 11 is 1.53. The van der Waals surface area contributed by atoms with E-state index in [1.54, 1.807) is 0 Å². The number of anilines is 1. The number of hydrogen-bond acceptors (Lipinski definition) is 5. The maximum absolute atomic E-state index is 6.25. The van der Waals surface area contributed by atoms with E-state index in [1.807, 2.05) is 10.7 Å². The van der Waals surface area contributed by atoms with Crippen molar-refractivity contribution in [2.45, 2.75) is 50.9 Å². The highest BCUT2D eigenvalue weighted by atomic mass is 32.2. The van der Waals surface area contributed by atoms with Crippen molar-refractivity contribution >= 4 is 23.5 Å². The number of fused-ring (bicyclic) bond motifs is 1. The average molecular weight is 332 g/mol. The molecule has 2 saturated carbocycles. The van der Waals surface area contributed by atoms with Crippen LogP contribution in [0.25, 0.3) is 5.65 Å². The van der Waals surface area contributed by atoms with E-state index >= 15 is 0 Å². The molecule has 4 rings (SSSR count). The molecule has 2 fully saturated rings. The first-order valence-electron chi connectivity index (χ1n) is 8.65. The van der Waals surface area contributed by atoms with Gasteiger partial charge in [-0.25, -0.2) is 0 Å². The monoisotopic (exact) mass is 332 g/mol. The number of hydrogen-bond donors (Lipinski definition) is 1. The zero-order valence-electron chi connectivity index (χ0n) is 13.6. The summed E-state index contributed by atoms with van der Waals surface area (Å²) in [6.45, 7) is 0.847. The number of pyridine rings is 1. The lowest BCUT2D eigenvalue weighted by molar-refractivity contribution is 0.207. The van der Waals surface area contributed by atoms with Gasteiger partial charge >= 0.3 is 0 Å². The summed E-state index contributed by atoms with van der Waals surface area (Å²) in [6, 6.07) is 2.06. The highest BCUT2D eigenvalue weighted by Gasteiger charge is 2.28. The lowest BCUT2D eigenvalue weighted by atomic mass is 9.90. The molecule has 2 aromatic heterocycles. The quantitative estimate of drug-likeness (QED) is 0.801. The summed E-state index contributed by atoms with van der Waals surface area (Å²) in [7, 11) is 0. The third kappa shape index (κ3) is 3.27. The van der Waals surface area contributed by atoms with Crippen LogP contribution in [-0.2, 0) is 0 Å². The second kappa shape index (κ2) is 6.59. The van der Waals surface area contributed by atoms with Crippen LogP contribution < -0.4 is 9.46 Å². The van der Waals surface area contributed by atoms with Crippen molar-refractivity contribution in [2.75, 3.05) is 17.6 Å². The van der Waals surface area contributed by atoms with E-state index in [0.29, 0.717) is 5.92 Å². The molecule has 2 aliphatic carbocycles. The molecule has 0 aliphatic heterocycles. The first kappa shape index (κ1) is 15.1. The molecule has 0 atom stereocenters. The largest absolute Gasteiger partial charge is 0.493 e. The van der Waals surface area contributed by atoms with Crippen LogP contribution >= 0.6 is 11.9 Å². The van der Waals surface area contributed by atoms with Crippen LogP contribution in [0.2, 0.25) is 0 Å². The fraction of sp³-hybridized carbons (Fsp3) is 0.647. The number of nitrogens with one attached hydrogen (secondary N) is 1. The topological polar surface area (TPSA) is 51.5 Å². The van der Waals surface area contributed by atoms with Crippen LogP contribution in [0.15, 0.2) is 12.3 Å². The molecule has 6 heteroatoms. The highest BCUT2D eigenvalue weighted by molar-refractivity contribution is 7.99. The van der Waals surface area contributed by atoms with Gasteiger partial charge in [-0.3, -0.25) is 9.12 Å². The molecule has 0 aromatic carbocycles. The van der Waals surface area contributed by atoms with Crippen LogP contribution in [0.5, 0.6) is 5.75 Å². The number of nitrogens with zero attached hydrogens (tertiary/aromatic N) is 3. The van der Waals surface area contributed by atoms with Crippen molar-refractivity contribution in [2.24, 2.45) is 5.92 Å². The molecule has 2 aliphatic rings.